The molecule has 29 heavy (non-hydrogen) atoms. The summed E-state index contributed by atoms with van der Waals surface area (Å²) in [5.74, 6) is 6.04. The molecule has 0 unspecified atom stereocenters. The molecule has 0 aliphatic rings. The van der Waals surface area contributed by atoms with E-state index in [1.807, 2.05) is 0 Å². The molecule has 0 bridgehead atoms. The van der Waals surface area contributed by atoms with Gasteiger partial charge in [0.25, 0.3) is 0 Å². The van der Waals surface area contributed by atoms with Gasteiger partial charge in [-0.15, -0.1) is 0 Å². The van der Waals surface area contributed by atoms with Crippen LogP contribution in [-0.4, -0.2) is 40.5 Å². The first kappa shape index (κ1) is 20.8. The average Bonchev–Trinajstić information content (AvgIpc) is 3.00. The third kappa shape index (κ3) is 4.73. The van der Waals surface area contributed by atoms with Crippen molar-refractivity contribution in [3.05, 3.63) is 47.3 Å². The highest BCUT2D eigenvalue weighted by atomic mass is 32.2. The van der Waals surface area contributed by atoms with E-state index in [4.69, 9.17) is 15.3 Å². The highest BCUT2D eigenvalue weighted by Gasteiger charge is 2.28. The van der Waals surface area contributed by atoms with Gasteiger partial charge in [-0.3, -0.25) is 4.98 Å². The maximum absolute atomic E-state index is 12.4. The van der Waals surface area contributed by atoms with Gasteiger partial charge in [-0.2, -0.15) is 13.2 Å². The Hall–Kier alpha value is -2.95. The van der Waals surface area contributed by atoms with Gasteiger partial charge >= 0.3 is 12.1 Å². The summed E-state index contributed by atoms with van der Waals surface area (Å²) >= 11 is 1.26. The van der Waals surface area contributed by atoms with Gasteiger partial charge in [0.2, 0.25) is 0 Å². The minimum absolute atomic E-state index is 0.122. The molecular weight excluding hydrogens is 409 g/mol. The number of hydrogen-bond acceptors (Lipinski definition) is 7. The molecule has 0 fully saturated rings. The molecule has 154 valence electrons. The number of nitrogen functional groups attached to an aromatic ring is 1. The second-order valence-electron chi connectivity index (χ2n) is 6.03. The lowest BCUT2D eigenvalue weighted by Gasteiger charge is -2.13. The van der Waals surface area contributed by atoms with Crippen LogP contribution in [0, 0.1) is 6.92 Å². The Kier molecular flexibility index (Phi) is 5.87. The summed E-state index contributed by atoms with van der Waals surface area (Å²) < 4.78 is 48.1. The van der Waals surface area contributed by atoms with Crippen molar-refractivity contribution in [2.45, 2.75) is 24.0 Å². The first-order valence-corrected chi connectivity index (χ1v) is 9.31. The summed E-state index contributed by atoms with van der Waals surface area (Å²) in [5, 5.41) is 0.463. The fourth-order valence-electron chi connectivity index (χ4n) is 2.57. The Morgan fingerprint density at radius 3 is 2.76 bits per heavy atom. The number of carbonyl (C=O) groups is 1. The maximum atomic E-state index is 12.4. The van der Waals surface area contributed by atoms with E-state index in [9.17, 15) is 18.0 Å². The molecule has 2 N–H and O–H groups in total. The SMILES string of the molecule is COC(=O)c1ccc2nc(SCc3nccc(OCC(F)(F)F)c3C)n(N)c2c1. The molecule has 3 rings (SSSR count). The molecule has 7 nitrogen and oxygen atoms in total. The van der Waals surface area contributed by atoms with Crippen LogP contribution in [0.3, 0.4) is 0 Å². The minimum Gasteiger partial charge on any atom is -0.484 e. The molecule has 0 radical (unpaired) electrons. The molecule has 0 saturated carbocycles. The number of esters is 1. The van der Waals surface area contributed by atoms with Crippen LogP contribution in [0.15, 0.2) is 35.6 Å². The van der Waals surface area contributed by atoms with Crippen molar-refractivity contribution in [2.24, 2.45) is 0 Å². The first-order valence-electron chi connectivity index (χ1n) is 8.32. The molecule has 0 amide bonds. The van der Waals surface area contributed by atoms with Gasteiger partial charge in [-0.25, -0.2) is 14.5 Å². The normalized spacial score (nSPS) is 11.6. The molecular formula is C18H17F3N4O3S. The zero-order valence-electron chi connectivity index (χ0n) is 15.5. The second kappa shape index (κ2) is 8.19. The molecule has 0 atom stereocenters. The highest BCUT2D eigenvalue weighted by Crippen LogP contribution is 2.29. The van der Waals surface area contributed by atoms with Crippen molar-refractivity contribution in [3.63, 3.8) is 0 Å². The number of thioether (sulfide) groups is 1. The van der Waals surface area contributed by atoms with Gasteiger partial charge < -0.3 is 15.3 Å². The van der Waals surface area contributed by atoms with Gasteiger partial charge in [-0.05, 0) is 31.2 Å². The van der Waals surface area contributed by atoms with E-state index in [0.717, 1.165) is 0 Å². The van der Waals surface area contributed by atoms with E-state index >= 15 is 0 Å². The lowest BCUT2D eigenvalue weighted by Crippen LogP contribution is -2.19. The fourth-order valence-corrected chi connectivity index (χ4v) is 3.53. The Bertz CT molecular complexity index is 1050. The molecule has 3 aromatic rings. The quantitative estimate of drug-likeness (QED) is 0.367. The number of hydrogen-bond donors (Lipinski definition) is 1. The van der Waals surface area contributed by atoms with Gasteiger partial charge in [0.1, 0.15) is 5.75 Å². The average molecular weight is 426 g/mol. The van der Waals surface area contributed by atoms with Crippen LogP contribution < -0.4 is 10.6 Å². The number of halogens is 3. The van der Waals surface area contributed by atoms with E-state index < -0.39 is 18.8 Å². The standard InChI is InChI=1S/C18H17F3N4O3S/c1-10-13(23-6-5-15(10)28-9-18(19,20)21)8-29-17-24-12-4-3-11(16(26)27-2)7-14(12)25(17)22/h3-7H,8-9,22H2,1-2H3. The molecule has 0 aliphatic carbocycles. The Morgan fingerprint density at radius 2 is 2.07 bits per heavy atom. The van der Waals surface area contributed by atoms with Gasteiger partial charge in [0.05, 0.1) is 29.4 Å². The van der Waals surface area contributed by atoms with Crippen molar-refractivity contribution in [3.8, 4) is 5.75 Å². The molecule has 11 heteroatoms. The second-order valence-corrected chi connectivity index (χ2v) is 6.98. The van der Waals surface area contributed by atoms with Crippen LogP contribution in [0.25, 0.3) is 11.0 Å². The van der Waals surface area contributed by atoms with Crippen LogP contribution in [-0.2, 0) is 10.5 Å². The van der Waals surface area contributed by atoms with E-state index in [-0.39, 0.29) is 5.75 Å². The van der Waals surface area contributed by atoms with Gasteiger partial charge in [0, 0.05) is 17.5 Å². The summed E-state index contributed by atoms with van der Waals surface area (Å²) in [6.07, 6.45) is -3.03. The van der Waals surface area contributed by atoms with E-state index in [1.165, 1.54) is 35.8 Å². The first-order chi connectivity index (χ1) is 13.7. The number of imidazole rings is 1. The number of benzene rings is 1. The minimum atomic E-state index is -4.42. The number of nitrogens with zero attached hydrogens (tertiary/aromatic N) is 3. The Morgan fingerprint density at radius 1 is 1.31 bits per heavy atom. The summed E-state index contributed by atoms with van der Waals surface area (Å²) in [6.45, 7) is 0.272. The largest absolute Gasteiger partial charge is 0.484 e. The predicted molar refractivity (Wildman–Crippen MR) is 101 cm³/mol. The van der Waals surface area contributed by atoms with Gasteiger partial charge in [-0.1, -0.05) is 11.8 Å². The molecule has 0 saturated heterocycles. The smallest absolute Gasteiger partial charge is 0.422 e. The molecule has 2 aromatic heterocycles. The lowest BCUT2D eigenvalue weighted by molar-refractivity contribution is -0.153. The van der Waals surface area contributed by atoms with E-state index in [0.29, 0.717) is 38.8 Å². The van der Waals surface area contributed by atoms with Crippen molar-refractivity contribution in [1.29, 1.82) is 0 Å². The monoisotopic (exact) mass is 426 g/mol. The van der Waals surface area contributed by atoms with E-state index in [1.54, 1.807) is 25.1 Å². The summed E-state index contributed by atoms with van der Waals surface area (Å²) in [7, 11) is 1.29. The van der Waals surface area contributed by atoms with Gasteiger partial charge in [0.15, 0.2) is 11.8 Å². The summed E-state index contributed by atoms with van der Waals surface area (Å²) in [4.78, 5) is 20.3. The van der Waals surface area contributed by atoms with Crippen LogP contribution in [0.1, 0.15) is 21.6 Å². The third-order valence-electron chi connectivity index (χ3n) is 4.07. The lowest BCUT2D eigenvalue weighted by atomic mass is 10.2. The maximum Gasteiger partial charge on any atom is 0.422 e. The number of nitrogens with two attached hydrogens (primary N) is 1. The Labute approximate surface area is 168 Å². The molecule has 0 aliphatic heterocycles. The van der Waals surface area contributed by atoms with Crippen LogP contribution >= 0.6 is 11.8 Å². The number of methoxy groups -OCH3 is 1. The number of pyridine rings is 1. The number of ether oxygens (including phenoxy) is 2. The van der Waals surface area contributed by atoms with Crippen molar-refractivity contribution in [2.75, 3.05) is 19.6 Å². The third-order valence-corrected chi connectivity index (χ3v) is 5.03. The predicted octanol–water partition coefficient (Wildman–Crippen LogP) is 3.47. The van der Waals surface area contributed by atoms with Crippen LogP contribution in [0.5, 0.6) is 5.75 Å². The number of alkyl halides is 3. The van der Waals surface area contributed by atoms with Crippen LogP contribution in [0.4, 0.5) is 13.2 Å². The zero-order chi connectivity index (χ0) is 21.2. The number of rotatable bonds is 6. The zero-order valence-corrected chi connectivity index (χ0v) is 16.3. The van der Waals surface area contributed by atoms with Crippen molar-refractivity contribution >= 4 is 28.8 Å². The molecule has 1 aromatic carbocycles. The van der Waals surface area contributed by atoms with Crippen LogP contribution in [0.2, 0.25) is 0 Å². The van der Waals surface area contributed by atoms with Crippen molar-refractivity contribution < 1.29 is 27.4 Å². The fraction of sp³-hybridized carbons (Fsp3) is 0.278. The van der Waals surface area contributed by atoms with E-state index in [2.05, 4.69) is 9.97 Å². The number of fused-ring (bicyclic) bond motifs is 1. The molecule has 2 heterocycles. The summed E-state index contributed by atoms with van der Waals surface area (Å²) in [6, 6.07) is 6.21. The summed E-state index contributed by atoms with van der Waals surface area (Å²) in [5.41, 5.74) is 2.54. The molecule has 0 spiro atoms. The topological polar surface area (TPSA) is 92.3 Å². The number of aromatic nitrogens is 3. The Balaban J connectivity index is 1.78. The number of carbonyl (C=O) groups excluding carboxylic acids is 1. The highest BCUT2D eigenvalue weighted by molar-refractivity contribution is 7.98. The van der Waals surface area contributed by atoms with Crippen molar-refractivity contribution in [1.82, 2.24) is 14.6 Å².